The van der Waals surface area contributed by atoms with Gasteiger partial charge in [-0.1, -0.05) is 39.5 Å². The van der Waals surface area contributed by atoms with Crippen LogP contribution in [0.2, 0.25) is 0 Å². The van der Waals surface area contributed by atoms with Crippen LogP contribution in [-0.2, 0) is 28.4 Å². The first-order chi connectivity index (χ1) is 12.8. The van der Waals surface area contributed by atoms with Gasteiger partial charge < -0.3 is 28.4 Å². The van der Waals surface area contributed by atoms with Crippen molar-refractivity contribution in [3.05, 3.63) is 0 Å². The van der Waals surface area contributed by atoms with E-state index in [2.05, 4.69) is 13.8 Å². The summed E-state index contributed by atoms with van der Waals surface area (Å²) in [6.45, 7) is 11.2. The molecular formula is C20H44O6. The topological polar surface area (TPSA) is 55.4 Å². The van der Waals surface area contributed by atoms with Crippen molar-refractivity contribution in [3.63, 3.8) is 0 Å². The summed E-state index contributed by atoms with van der Waals surface area (Å²) in [6, 6.07) is 0. The molecule has 0 aromatic carbocycles. The van der Waals surface area contributed by atoms with E-state index in [0.717, 1.165) is 13.2 Å². The van der Waals surface area contributed by atoms with Crippen LogP contribution >= 0.6 is 0 Å². The van der Waals surface area contributed by atoms with Crippen LogP contribution in [0.3, 0.4) is 0 Å². The first kappa shape index (κ1) is 28.0. The predicted octanol–water partition coefficient (Wildman–Crippen LogP) is 3.71. The predicted molar refractivity (Wildman–Crippen MR) is 106 cm³/mol. The van der Waals surface area contributed by atoms with Crippen molar-refractivity contribution in [2.45, 2.75) is 52.4 Å². The number of rotatable bonds is 20. The fourth-order valence-corrected chi connectivity index (χ4v) is 1.84. The summed E-state index contributed by atoms with van der Waals surface area (Å²) < 4.78 is 30.8. The number of hydrogen-bond donors (Lipinski definition) is 0. The zero-order chi connectivity index (χ0) is 19.6. The lowest BCUT2D eigenvalue weighted by molar-refractivity contribution is -0.00380. The Balaban J connectivity index is 0. The summed E-state index contributed by atoms with van der Waals surface area (Å²) >= 11 is 0. The summed E-state index contributed by atoms with van der Waals surface area (Å²) in [7, 11) is 3.30. The summed E-state index contributed by atoms with van der Waals surface area (Å²) in [5.74, 6) is 0. The van der Waals surface area contributed by atoms with E-state index in [-0.39, 0.29) is 0 Å². The highest BCUT2D eigenvalue weighted by molar-refractivity contribution is 4.39. The van der Waals surface area contributed by atoms with E-state index in [4.69, 9.17) is 28.4 Å². The van der Waals surface area contributed by atoms with Crippen molar-refractivity contribution in [2.75, 3.05) is 80.3 Å². The highest BCUT2D eigenvalue weighted by atomic mass is 16.6. The van der Waals surface area contributed by atoms with Gasteiger partial charge in [0.2, 0.25) is 0 Å². The Kier molecular flexibility index (Phi) is 31.8. The summed E-state index contributed by atoms with van der Waals surface area (Å²) in [5, 5.41) is 0. The molecule has 6 heteroatoms. The average Bonchev–Trinajstić information content (AvgIpc) is 2.66. The van der Waals surface area contributed by atoms with E-state index in [1.807, 2.05) is 0 Å². The van der Waals surface area contributed by atoms with Gasteiger partial charge in [0.25, 0.3) is 0 Å². The van der Waals surface area contributed by atoms with Crippen molar-refractivity contribution in [2.24, 2.45) is 0 Å². The molecule has 0 aliphatic carbocycles. The molecule has 0 N–H and O–H groups in total. The molecule has 0 aliphatic rings. The van der Waals surface area contributed by atoms with Gasteiger partial charge in [0, 0.05) is 27.4 Å². The molecule has 0 aromatic rings. The summed E-state index contributed by atoms with van der Waals surface area (Å²) in [6.07, 6.45) is 7.68. The lowest BCUT2D eigenvalue weighted by atomic mass is 10.2. The molecule has 0 atom stereocenters. The molecule has 0 saturated carbocycles. The van der Waals surface area contributed by atoms with Gasteiger partial charge >= 0.3 is 0 Å². The van der Waals surface area contributed by atoms with Crippen molar-refractivity contribution < 1.29 is 28.4 Å². The van der Waals surface area contributed by atoms with Crippen LogP contribution < -0.4 is 0 Å². The highest BCUT2D eigenvalue weighted by Gasteiger charge is 1.91. The lowest BCUT2D eigenvalue weighted by Gasteiger charge is -2.06. The molecule has 6 nitrogen and oxygen atoms in total. The monoisotopic (exact) mass is 380 g/mol. The van der Waals surface area contributed by atoms with Gasteiger partial charge in [-0.3, -0.25) is 0 Å². The normalized spacial score (nSPS) is 10.6. The Morgan fingerprint density at radius 3 is 1.00 bits per heavy atom. The quantitative estimate of drug-likeness (QED) is 0.300. The Morgan fingerprint density at radius 2 is 0.692 bits per heavy atom. The molecule has 0 aromatic heterocycles. The average molecular weight is 381 g/mol. The summed E-state index contributed by atoms with van der Waals surface area (Å²) in [4.78, 5) is 0. The zero-order valence-electron chi connectivity index (χ0n) is 17.8. The third kappa shape index (κ3) is 31.5. The fraction of sp³-hybridized carbons (Fsp3) is 1.00. The van der Waals surface area contributed by atoms with E-state index >= 15 is 0 Å². The van der Waals surface area contributed by atoms with Gasteiger partial charge in [-0.05, 0) is 12.8 Å². The zero-order valence-corrected chi connectivity index (χ0v) is 17.8. The van der Waals surface area contributed by atoms with E-state index in [1.54, 1.807) is 14.2 Å². The molecule has 160 valence electrons. The van der Waals surface area contributed by atoms with E-state index in [1.165, 1.54) is 38.5 Å². The Labute approximate surface area is 161 Å². The Bertz CT molecular complexity index is 196. The Hall–Kier alpha value is -0.240. The van der Waals surface area contributed by atoms with Gasteiger partial charge in [0.1, 0.15) is 0 Å². The minimum Gasteiger partial charge on any atom is -0.382 e. The number of unbranched alkanes of at least 4 members (excludes halogenated alkanes) is 4. The number of ether oxygens (including phenoxy) is 6. The molecule has 26 heavy (non-hydrogen) atoms. The van der Waals surface area contributed by atoms with Gasteiger partial charge in [-0.15, -0.1) is 0 Å². The number of methoxy groups -OCH3 is 2. The van der Waals surface area contributed by atoms with Crippen LogP contribution in [0, 0.1) is 0 Å². The molecule has 0 rings (SSSR count). The van der Waals surface area contributed by atoms with Crippen molar-refractivity contribution in [3.8, 4) is 0 Å². The van der Waals surface area contributed by atoms with Crippen molar-refractivity contribution >= 4 is 0 Å². The van der Waals surface area contributed by atoms with Crippen molar-refractivity contribution in [1.29, 1.82) is 0 Å². The number of hydrogen-bond acceptors (Lipinski definition) is 6. The molecule has 0 spiro atoms. The largest absolute Gasteiger partial charge is 0.382 e. The van der Waals surface area contributed by atoms with Gasteiger partial charge in [-0.2, -0.15) is 0 Å². The van der Waals surface area contributed by atoms with E-state index in [0.29, 0.717) is 52.9 Å². The van der Waals surface area contributed by atoms with Crippen LogP contribution in [-0.4, -0.2) is 80.3 Å². The maximum Gasteiger partial charge on any atom is 0.0701 e. The standard InChI is InChI=1S/C10H22O5.C10H22O/c1-11-3-5-13-7-9-15-10-8-14-6-4-12-2;1-3-5-7-9-11-10-8-6-4-2/h3-10H2,1-2H3;3-10H2,1-2H3. The Morgan fingerprint density at radius 1 is 0.385 bits per heavy atom. The molecule has 0 aliphatic heterocycles. The molecule has 0 unspecified atom stereocenters. The minimum atomic E-state index is 0.595. The van der Waals surface area contributed by atoms with Gasteiger partial charge in [-0.25, -0.2) is 0 Å². The van der Waals surface area contributed by atoms with E-state index < -0.39 is 0 Å². The molecule has 0 saturated heterocycles. The third-order valence-electron chi connectivity index (χ3n) is 3.39. The maximum atomic E-state index is 5.44. The van der Waals surface area contributed by atoms with Crippen LogP contribution in [0.5, 0.6) is 0 Å². The second-order valence-corrected chi connectivity index (χ2v) is 5.85. The fourth-order valence-electron chi connectivity index (χ4n) is 1.84. The van der Waals surface area contributed by atoms with Crippen LogP contribution in [0.15, 0.2) is 0 Å². The smallest absolute Gasteiger partial charge is 0.0701 e. The summed E-state index contributed by atoms with van der Waals surface area (Å²) in [5.41, 5.74) is 0. The molecule has 0 fully saturated rings. The first-order valence-electron chi connectivity index (χ1n) is 10.1. The van der Waals surface area contributed by atoms with Gasteiger partial charge in [0.05, 0.1) is 52.9 Å². The van der Waals surface area contributed by atoms with Gasteiger partial charge in [0.15, 0.2) is 0 Å². The highest BCUT2D eigenvalue weighted by Crippen LogP contribution is 1.97. The SMILES string of the molecule is CCCCCOCCCCC.COCCOCCOCCOCCOC. The molecule has 0 radical (unpaired) electrons. The van der Waals surface area contributed by atoms with Crippen LogP contribution in [0.1, 0.15) is 52.4 Å². The van der Waals surface area contributed by atoms with E-state index in [9.17, 15) is 0 Å². The molecule has 0 bridgehead atoms. The third-order valence-corrected chi connectivity index (χ3v) is 3.39. The first-order valence-corrected chi connectivity index (χ1v) is 10.1. The second-order valence-electron chi connectivity index (χ2n) is 5.85. The lowest BCUT2D eigenvalue weighted by Crippen LogP contribution is -2.12. The van der Waals surface area contributed by atoms with Crippen LogP contribution in [0.4, 0.5) is 0 Å². The molecule has 0 heterocycles. The molecular weight excluding hydrogens is 336 g/mol. The van der Waals surface area contributed by atoms with Crippen molar-refractivity contribution in [1.82, 2.24) is 0 Å². The minimum absolute atomic E-state index is 0.595. The maximum absolute atomic E-state index is 5.44. The van der Waals surface area contributed by atoms with Crippen LogP contribution in [0.25, 0.3) is 0 Å². The molecule has 0 amide bonds. The second kappa shape index (κ2) is 29.5.